The van der Waals surface area contributed by atoms with Crippen LogP contribution in [0.15, 0.2) is 42.5 Å². The molecule has 18 heavy (non-hydrogen) atoms. The van der Waals surface area contributed by atoms with Crippen molar-refractivity contribution in [3.63, 3.8) is 0 Å². The fourth-order valence-corrected chi connectivity index (χ4v) is 1.76. The molecule has 2 rings (SSSR count). The van der Waals surface area contributed by atoms with Crippen LogP contribution in [0.5, 0.6) is 0 Å². The Morgan fingerprint density at radius 1 is 1.28 bits per heavy atom. The topological polar surface area (TPSA) is 39.9 Å². The van der Waals surface area contributed by atoms with Crippen LogP contribution in [0, 0.1) is 17.1 Å². The molecule has 0 N–H and O–H groups in total. The van der Waals surface area contributed by atoms with Crippen molar-refractivity contribution in [2.75, 3.05) is 11.4 Å². The highest BCUT2D eigenvalue weighted by Gasteiger charge is 2.09. The number of aromatic nitrogens is 1. The van der Waals surface area contributed by atoms with Crippen molar-refractivity contribution in [3.8, 4) is 6.07 Å². The number of halogens is 1. The van der Waals surface area contributed by atoms with Crippen molar-refractivity contribution >= 4 is 11.5 Å². The Hall–Kier alpha value is -2.41. The third-order valence-corrected chi connectivity index (χ3v) is 2.56. The SMILES string of the molecule is CCN(c1cccc(F)c1)c1cccc(C#N)n1. The minimum atomic E-state index is -0.289. The van der Waals surface area contributed by atoms with E-state index < -0.39 is 0 Å². The molecule has 0 unspecified atom stereocenters. The van der Waals surface area contributed by atoms with Gasteiger partial charge in [-0.25, -0.2) is 9.37 Å². The van der Waals surface area contributed by atoms with E-state index in [-0.39, 0.29) is 5.82 Å². The van der Waals surface area contributed by atoms with Gasteiger partial charge in [0.1, 0.15) is 23.4 Å². The number of nitriles is 1. The van der Waals surface area contributed by atoms with Crippen molar-refractivity contribution < 1.29 is 4.39 Å². The lowest BCUT2D eigenvalue weighted by atomic mass is 10.2. The monoisotopic (exact) mass is 241 g/mol. The zero-order chi connectivity index (χ0) is 13.0. The van der Waals surface area contributed by atoms with Crippen LogP contribution in [0.4, 0.5) is 15.9 Å². The van der Waals surface area contributed by atoms with Crippen LogP contribution >= 0.6 is 0 Å². The Balaban J connectivity index is 2.42. The summed E-state index contributed by atoms with van der Waals surface area (Å²) in [7, 11) is 0. The smallest absolute Gasteiger partial charge is 0.142 e. The molecule has 0 saturated carbocycles. The van der Waals surface area contributed by atoms with Crippen LogP contribution in [0.25, 0.3) is 0 Å². The number of nitrogens with zero attached hydrogens (tertiary/aromatic N) is 3. The molecule has 2 aromatic rings. The van der Waals surface area contributed by atoms with Crippen LogP contribution < -0.4 is 4.90 Å². The summed E-state index contributed by atoms with van der Waals surface area (Å²) in [5.74, 6) is 0.351. The first-order chi connectivity index (χ1) is 8.74. The lowest BCUT2D eigenvalue weighted by Gasteiger charge is -2.22. The van der Waals surface area contributed by atoms with Gasteiger partial charge in [-0.3, -0.25) is 0 Å². The molecule has 3 nitrogen and oxygen atoms in total. The van der Waals surface area contributed by atoms with E-state index in [1.54, 1.807) is 24.3 Å². The second kappa shape index (κ2) is 5.28. The Kier molecular flexibility index (Phi) is 3.54. The molecule has 0 bridgehead atoms. The van der Waals surface area contributed by atoms with Crippen LogP contribution in [0.3, 0.4) is 0 Å². The molecule has 1 heterocycles. The van der Waals surface area contributed by atoms with Crippen molar-refractivity contribution in [3.05, 3.63) is 54.0 Å². The highest BCUT2D eigenvalue weighted by atomic mass is 19.1. The summed E-state index contributed by atoms with van der Waals surface area (Å²) in [4.78, 5) is 6.06. The average molecular weight is 241 g/mol. The molecule has 0 aliphatic heterocycles. The highest BCUT2D eigenvalue weighted by molar-refractivity contribution is 5.60. The van der Waals surface area contributed by atoms with E-state index in [1.165, 1.54) is 12.1 Å². The van der Waals surface area contributed by atoms with Gasteiger partial charge < -0.3 is 4.90 Å². The summed E-state index contributed by atoms with van der Waals surface area (Å²) in [5.41, 5.74) is 1.07. The van der Waals surface area contributed by atoms with Gasteiger partial charge in [0, 0.05) is 12.2 Å². The molecular weight excluding hydrogens is 229 g/mol. The van der Waals surface area contributed by atoms with Gasteiger partial charge in [-0.05, 0) is 37.3 Å². The standard InChI is InChI=1S/C14H12FN3/c1-2-18(13-7-3-5-11(15)9-13)14-8-4-6-12(10-16)17-14/h3-9H,2H2,1H3. The third-order valence-electron chi connectivity index (χ3n) is 2.56. The largest absolute Gasteiger partial charge is 0.327 e. The Bertz CT molecular complexity index is 590. The maximum absolute atomic E-state index is 13.2. The minimum absolute atomic E-state index is 0.289. The van der Waals surface area contributed by atoms with E-state index >= 15 is 0 Å². The predicted molar refractivity (Wildman–Crippen MR) is 68.0 cm³/mol. The highest BCUT2D eigenvalue weighted by Crippen LogP contribution is 2.23. The molecule has 0 atom stereocenters. The lowest BCUT2D eigenvalue weighted by molar-refractivity contribution is 0.627. The molecule has 4 heteroatoms. The van der Waals surface area contributed by atoms with E-state index in [2.05, 4.69) is 4.98 Å². The van der Waals surface area contributed by atoms with Gasteiger partial charge in [0.25, 0.3) is 0 Å². The number of benzene rings is 1. The van der Waals surface area contributed by atoms with Gasteiger partial charge in [-0.1, -0.05) is 12.1 Å². The maximum atomic E-state index is 13.2. The van der Waals surface area contributed by atoms with Gasteiger partial charge in [-0.2, -0.15) is 5.26 Å². The Morgan fingerprint density at radius 3 is 2.72 bits per heavy atom. The zero-order valence-corrected chi connectivity index (χ0v) is 9.97. The van der Waals surface area contributed by atoms with E-state index in [9.17, 15) is 4.39 Å². The van der Waals surface area contributed by atoms with Gasteiger partial charge >= 0.3 is 0 Å². The fraction of sp³-hybridized carbons (Fsp3) is 0.143. The maximum Gasteiger partial charge on any atom is 0.142 e. The molecule has 90 valence electrons. The first-order valence-corrected chi connectivity index (χ1v) is 5.65. The molecule has 0 aliphatic rings. The molecular formula is C14H12FN3. The van der Waals surface area contributed by atoms with E-state index in [4.69, 9.17) is 5.26 Å². The number of rotatable bonds is 3. The van der Waals surface area contributed by atoms with Crippen LogP contribution in [-0.4, -0.2) is 11.5 Å². The first-order valence-electron chi connectivity index (χ1n) is 5.65. The fourth-order valence-electron chi connectivity index (χ4n) is 1.76. The van der Waals surface area contributed by atoms with Gasteiger partial charge in [-0.15, -0.1) is 0 Å². The van der Waals surface area contributed by atoms with E-state index in [0.717, 1.165) is 5.69 Å². The molecule has 0 radical (unpaired) electrons. The van der Waals surface area contributed by atoms with Gasteiger partial charge in [0.2, 0.25) is 0 Å². The predicted octanol–water partition coefficient (Wildman–Crippen LogP) is 3.25. The average Bonchev–Trinajstić information content (AvgIpc) is 2.40. The summed E-state index contributed by atoms with van der Waals surface area (Å²) >= 11 is 0. The number of pyridine rings is 1. The number of anilines is 2. The lowest BCUT2D eigenvalue weighted by Crippen LogP contribution is -2.17. The third kappa shape index (κ3) is 2.46. The summed E-state index contributed by atoms with van der Waals surface area (Å²) < 4.78 is 13.2. The van der Waals surface area contributed by atoms with Crippen molar-refractivity contribution in [1.82, 2.24) is 4.98 Å². The van der Waals surface area contributed by atoms with Gasteiger partial charge in [0.15, 0.2) is 0 Å². The van der Waals surface area contributed by atoms with Crippen molar-refractivity contribution in [1.29, 1.82) is 5.26 Å². The van der Waals surface area contributed by atoms with Crippen LogP contribution in [0.1, 0.15) is 12.6 Å². The Morgan fingerprint density at radius 2 is 2.06 bits per heavy atom. The minimum Gasteiger partial charge on any atom is -0.327 e. The summed E-state index contributed by atoms with van der Waals surface area (Å²) in [6, 6.07) is 13.5. The van der Waals surface area contributed by atoms with Gasteiger partial charge in [0.05, 0.1) is 0 Å². The molecule has 0 aliphatic carbocycles. The van der Waals surface area contributed by atoms with E-state index in [0.29, 0.717) is 18.1 Å². The first kappa shape index (κ1) is 12.1. The van der Waals surface area contributed by atoms with Crippen LogP contribution in [-0.2, 0) is 0 Å². The number of hydrogen-bond acceptors (Lipinski definition) is 3. The molecule has 0 saturated heterocycles. The molecule has 1 aromatic carbocycles. The normalized spacial score (nSPS) is 9.83. The summed E-state index contributed by atoms with van der Waals surface area (Å²) in [6.45, 7) is 2.59. The second-order valence-electron chi connectivity index (χ2n) is 3.72. The summed E-state index contributed by atoms with van der Waals surface area (Å²) in [5, 5.41) is 8.84. The Labute approximate surface area is 105 Å². The molecule has 0 fully saturated rings. The molecule has 0 spiro atoms. The van der Waals surface area contributed by atoms with E-state index in [1.807, 2.05) is 24.0 Å². The molecule has 0 amide bonds. The second-order valence-corrected chi connectivity index (χ2v) is 3.72. The molecule has 1 aromatic heterocycles. The number of hydrogen-bond donors (Lipinski definition) is 0. The van der Waals surface area contributed by atoms with Crippen LogP contribution in [0.2, 0.25) is 0 Å². The van der Waals surface area contributed by atoms with Crippen molar-refractivity contribution in [2.45, 2.75) is 6.92 Å². The summed E-state index contributed by atoms with van der Waals surface area (Å²) in [6.07, 6.45) is 0. The quantitative estimate of drug-likeness (QED) is 0.828. The van der Waals surface area contributed by atoms with Crippen molar-refractivity contribution in [2.24, 2.45) is 0 Å². The zero-order valence-electron chi connectivity index (χ0n) is 9.97.